The summed E-state index contributed by atoms with van der Waals surface area (Å²) in [7, 11) is 0.280. The van der Waals surface area contributed by atoms with E-state index in [4.69, 9.17) is 0 Å². The first-order valence-electron chi connectivity index (χ1n) is 9.00. The molecule has 2 unspecified atom stereocenters. The van der Waals surface area contributed by atoms with E-state index in [1.165, 1.54) is 70.4 Å². The van der Waals surface area contributed by atoms with Gasteiger partial charge in [-0.2, -0.15) is 0 Å². The zero-order chi connectivity index (χ0) is 14.5. The minimum absolute atomic E-state index is 0.280. The summed E-state index contributed by atoms with van der Waals surface area (Å²) in [6, 6.07) is 0. The molecule has 0 N–H and O–H groups in total. The zero-order valence-corrected chi connectivity index (χ0v) is 15.3. The molecule has 0 rings (SSSR count). The van der Waals surface area contributed by atoms with Gasteiger partial charge in [-0.3, -0.25) is 0 Å². The third-order valence-corrected chi connectivity index (χ3v) is 7.97. The van der Waals surface area contributed by atoms with Gasteiger partial charge in [0.15, 0.2) is 0 Å². The lowest BCUT2D eigenvalue weighted by atomic mass is 10.1. The predicted molar refractivity (Wildman–Crippen MR) is 93.9 cm³/mol. The fourth-order valence-corrected chi connectivity index (χ4v) is 7.15. The molecule has 0 nitrogen and oxygen atoms in total. The Balaban J connectivity index is 4.62. The fourth-order valence-electron chi connectivity index (χ4n) is 3.31. The zero-order valence-electron chi connectivity index (χ0n) is 14.4. The van der Waals surface area contributed by atoms with Gasteiger partial charge in [0.1, 0.15) is 0 Å². The van der Waals surface area contributed by atoms with E-state index in [2.05, 4.69) is 34.6 Å². The van der Waals surface area contributed by atoms with Crippen LogP contribution in [0.1, 0.15) is 98.8 Å². The molecule has 0 spiro atoms. The maximum Gasteiger partial charge on any atom is -0.0207 e. The van der Waals surface area contributed by atoms with Crippen molar-refractivity contribution in [1.82, 2.24) is 0 Å². The van der Waals surface area contributed by atoms with Gasteiger partial charge in [-0.25, -0.2) is 0 Å². The molecule has 0 aromatic rings. The van der Waals surface area contributed by atoms with Gasteiger partial charge in [-0.05, 0) is 43.2 Å². The first-order chi connectivity index (χ1) is 9.24. The van der Waals surface area contributed by atoms with E-state index in [0.29, 0.717) is 0 Å². The van der Waals surface area contributed by atoms with Crippen LogP contribution in [0.15, 0.2) is 0 Å². The molecule has 0 aromatic carbocycles. The molecule has 0 aromatic heterocycles. The van der Waals surface area contributed by atoms with Gasteiger partial charge in [0, 0.05) is 0 Å². The molecule has 0 amide bonds. The molecule has 0 saturated heterocycles. The average Bonchev–Trinajstić information content (AvgIpc) is 2.42. The van der Waals surface area contributed by atoms with E-state index < -0.39 is 0 Å². The van der Waals surface area contributed by atoms with Crippen LogP contribution < -0.4 is 0 Å². The van der Waals surface area contributed by atoms with Gasteiger partial charge < -0.3 is 0 Å². The number of hydrogen-bond donors (Lipinski definition) is 0. The average molecular weight is 286 g/mol. The summed E-state index contributed by atoms with van der Waals surface area (Å²) in [5.74, 6) is 0. The molecule has 1 heteroatoms. The molecule has 19 heavy (non-hydrogen) atoms. The maximum absolute atomic E-state index is 2.47. The Morgan fingerprint density at radius 2 is 1.00 bits per heavy atom. The Morgan fingerprint density at radius 3 is 1.26 bits per heavy atom. The van der Waals surface area contributed by atoms with Crippen molar-refractivity contribution in [2.24, 2.45) is 0 Å². The first kappa shape index (κ1) is 19.4. The number of hydrogen-bond acceptors (Lipinski definition) is 0. The number of rotatable bonds is 13. The van der Waals surface area contributed by atoms with E-state index in [1.54, 1.807) is 0 Å². The quantitative estimate of drug-likeness (QED) is 0.314. The van der Waals surface area contributed by atoms with E-state index in [9.17, 15) is 0 Å². The summed E-state index contributed by atoms with van der Waals surface area (Å²) >= 11 is 0. The van der Waals surface area contributed by atoms with Crippen LogP contribution in [0, 0.1) is 0 Å². The summed E-state index contributed by atoms with van der Waals surface area (Å²) in [5.41, 5.74) is 2.14. The van der Waals surface area contributed by atoms with Gasteiger partial charge >= 0.3 is 0 Å². The van der Waals surface area contributed by atoms with Crippen LogP contribution in [0.4, 0.5) is 0 Å². The van der Waals surface area contributed by atoms with Crippen LogP contribution in [-0.2, 0) is 0 Å². The van der Waals surface area contributed by atoms with Crippen molar-refractivity contribution >= 4 is 7.92 Å². The molecule has 116 valence electrons. The molecule has 0 aliphatic heterocycles. The third kappa shape index (κ3) is 8.34. The summed E-state index contributed by atoms with van der Waals surface area (Å²) < 4.78 is 0. The highest BCUT2D eigenvalue weighted by atomic mass is 31.1. The van der Waals surface area contributed by atoms with Crippen LogP contribution in [-0.4, -0.2) is 17.5 Å². The van der Waals surface area contributed by atoms with Crippen molar-refractivity contribution in [2.75, 3.05) is 6.16 Å². The molecular weight excluding hydrogens is 247 g/mol. The molecule has 0 saturated carbocycles. The molecule has 2 atom stereocenters. The van der Waals surface area contributed by atoms with Crippen molar-refractivity contribution < 1.29 is 0 Å². The minimum Gasteiger partial charge on any atom is -0.101 e. The van der Waals surface area contributed by atoms with Crippen molar-refractivity contribution in [2.45, 2.75) is 110 Å². The smallest absolute Gasteiger partial charge is 0.0207 e. The predicted octanol–water partition coefficient (Wildman–Crippen LogP) is 7.21. The van der Waals surface area contributed by atoms with Crippen LogP contribution in [0.5, 0.6) is 0 Å². The highest BCUT2D eigenvalue weighted by Crippen LogP contribution is 2.52. The van der Waals surface area contributed by atoms with Crippen molar-refractivity contribution in [3.05, 3.63) is 0 Å². The summed E-state index contributed by atoms with van der Waals surface area (Å²) in [5, 5.41) is 0. The maximum atomic E-state index is 2.47. The van der Waals surface area contributed by atoms with E-state index in [1.807, 2.05) is 0 Å². The fraction of sp³-hybridized carbons (Fsp3) is 1.00. The topological polar surface area (TPSA) is 0 Å². The van der Waals surface area contributed by atoms with Crippen LogP contribution in [0.3, 0.4) is 0 Å². The van der Waals surface area contributed by atoms with Crippen molar-refractivity contribution in [3.8, 4) is 0 Å². The van der Waals surface area contributed by atoms with Gasteiger partial charge in [0.2, 0.25) is 0 Å². The lowest BCUT2D eigenvalue weighted by molar-refractivity contribution is 0.597. The molecule has 0 radical (unpaired) electrons. The second-order valence-electron chi connectivity index (χ2n) is 6.00. The summed E-state index contributed by atoms with van der Waals surface area (Å²) in [6.45, 7) is 11.9. The van der Waals surface area contributed by atoms with Gasteiger partial charge in [0.25, 0.3) is 0 Å². The first-order valence-corrected chi connectivity index (χ1v) is 10.7. The summed E-state index contributed by atoms with van der Waals surface area (Å²) in [4.78, 5) is 0. The Labute approximate surface area is 124 Å². The van der Waals surface area contributed by atoms with Gasteiger partial charge in [-0.1, -0.05) is 73.1 Å². The van der Waals surface area contributed by atoms with Crippen molar-refractivity contribution in [3.63, 3.8) is 0 Å². The molecule has 0 heterocycles. The van der Waals surface area contributed by atoms with Gasteiger partial charge in [-0.15, -0.1) is 7.92 Å². The molecule has 0 aliphatic rings. The summed E-state index contributed by atoms with van der Waals surface area (Å²) in [6.07, 6.45) is 15.9. The Kier molecular flexibility index (Phi) is 13.7. The largest absolute Gasteiger partial charge is 0.101 e. The van der Waals surface area contributed by atoms with Crippen LogP contribution in [0.25, 0.3) is 0 Å². The second-order valence-corrected chi connectivity index (χ2v) is 9.12. The molecule has 0 bridgehead atoms. The van der Waals surface area contributed by atoms with Crippen LogP contribution in [0.2, 0.25) is 0 Å². The molecule has 0 fully saturated rings. The highest BCUT2D eigenvalue weighted by molar-refractivity contribution is 7.59. The molecular formula is C18H39P. The normalized spacial score (nSPS) is 16.3. The van der Waals surface area contributed by atoms with Crippen molar-refractivity contribution in [1.29, 1.82) is 0 Å². The standard InChI is InChI=1S/C18H39P/c1-6-11-15-17(13-8-3)19(10-5)18(14-9-4)16-12-7-2/h17-18H,6-16H2,1-5H3. The molecule has 0 aliphatic carbocycles. The monoisotopic (exact) mass is 286 g/mol. The third-order valence-electron chi connectivity index (χ3n) is 4.33. The lowest BCUT2D eigenvalue weighted by Gasteiger charge is -2.34. The van der Waals surface area contributed by atoms with E-state index in [-0.39, 0.29) is 7.92 Å². The Bertz CT molecular complexity index is 161. The van der Waals surface area contributed by atoms with E-state index in [0.717, 1.165) is 11.3 Å². The Hall–Kier alpha value is 0.430. The second kappa shape index (κ2) is 13.4. The van der Waals surface area contributed by atoms with E-state index >= 15 is 0 Å². The van der Waals surface area contributed by atoms with Gasteiger partial charge in [0.05, 0.1) is 0 Å². The SMILES string of the molecule is CCCCC(CCC)P(CC)C(CCC)CCCC. The Morgan fingerprint density at radius 1 is 0.579 bits per heavy atom. The lowest BCUT2D eigenvalue weighted by Crippen LogP contribution is -2.17. The number of unbranched alkanes of at least 4 members (excludes halogenated alkanes) is 2. The minimum atomic E-state index is 0.280. The highest BCUT2D eigenvalue weighted by Gasteiger charge is 2.25. The van der Waals surface area contributed by atoms with Crippen LogP contribution >= 0.6 is 7.92 Å².